The first-order chi connectivity index (χ1) is 9.43. The summed E-state index contributed by atoms with van der Waals surface area (Å²) in [5.74, 6) is 0. The van der Waals surface area contributed by atoms with Crippen molar-refractivity contribution in [2.75, 3.05) is 18.4 Å². The zero-order valence-corrected chi connectivity index (χ0v) is 11.7. The van der Waals surface area contributed by atoms with Crippen molar-refractivity contribution in [2.24, 2.45) is 0 Å². The minimum absolute atomic E-state index is 0.990. The van der Waals surface area contributed by atoms with Gasteiger partial charge in [-0.15, -0.1) is 0 Å². The number of benzene rings is 1. The van der Waals surface area contributed by atoms with E-state index in [2.05, 4.69) is 34.9 Å². The van der Waals surface area contributed by atoms with E-state index >= 15 is 0 Å². The molecule has 0 saturated carbocycles. The van der Waals surface area contributed by atoms with Gasteiger partial charge in [-0.3, -0.25) is 0 Å². The molecular weight excluding hydrogens is 232 g/mol. The van der Waals surface area contributed by atoms with Crippen LogP contribution in [0.2, 0.25) is 0 Å². The highest BCUT2D eigenvalue weighted by Gasteiger charge is 2.12. The Labute approximate surface area is 116 Å². The minimum Gasteiger partial charge on any atom is -0.384 e. The molecule has 1 aromatic carbocycles. The van der Waals surface area contributed by atoms with E-state index in [4.69, 9.17) is 0 Å². The van der Waals surface area contributed by atoms with Crippen LogP contribution >= 0.6 is 0 Å². The predicted octanol–water partition coefficient (Wildman–Crippen LogP) is 3.63. The Balaban J connectivity index is 1.48. The van der Waals surface area contributed by atoms with Gasteiger partial charge in [0, 0.05) is 18.8 Å². The summed E-state index contributed by atoms with van der Waals surface area (Å²) in [5, 5.41) is 7.11. The van der Waals surface area contributed by atoms with Gasteiger partial charge in [0.15, 0.2) is 0 Å². The molecule has 1 aliphatic heterocycles. The van der Waals surface area contributed by atoms with Crippen LogP contribution < -0.4 is 10.6 Å². The van der Waals surface area contributed by atoms with Crippen LogP contribution in [0.1, 0.15) is 43.2 Å². The molecule has 1 aromatic rings. The number of hydrogen-bond acceptors (Lipinski definition) is 2. The van der Waals surface area contributed by atoms with E-state index in [0.29, 0.717) is 0 Å². The summed E-state index contributed by atoms with van der Waals surface area (Å²) < 4.78 is 0. The summed E-state index contributed by atoms with van der Waals surface area (Å²) in [7, 11) is 0. The molecule has 19 heavy (non-hydrogen) atoms. The van der Waals surface area contributed by atoms with E-state index in [9.17, 15) is 0 Å². The average molecular weight is 256 g/mol. The Bertz CT molecular complexity index is 462. The zero-order chi connectivity index (χ0) is 12.9. The van der Waals surface area contributed by atoms with Crippen LogP contribution in [0.5, 0.6) is 0 Å². The molecule has 2 heteroatoms. The van der Waals surface area contributed by atoms with Crippen LogP contribution in [0.15, 0.2) is 29.8 Å². The summed E-state index contributed by atoms with van der Waals surface area (Å²) in [6.45, 7) is 3.19. The predicted molar refractivity (Wildman–Crippen MR) is 81.5 cm³/mol. The normalized spacial score (nSPS) is 17.8. The van der Waals surface area contributed by atoms with E-state index in [1.165, 1.54) is 55.3 Å². The van der Waals surface area contributed by atoms with Crippen LogP contribution in [-0.4, -0.2) is 13.1 Å². The third-order valence-electron chi connectivity index (χ3n) is 4.26. The Morgan fingerprint density at radius 3 is 3.05 bits per heavy atom. The third-order valence-corrected chi connectivity index (χ3v) is 4.26. The summed E-state index contributed by atoms with van der Waals surface area (Å²) in [6.07, 6.45) is 10.3. The lowest BCUT2D eigenvalue weighted by Gasteiger charge is -2.14. The molecule has 0 aromatic heterocycles. The Morgan fingerprint density at radius 1 is 1.16 bits per heavy atom. The molecule has 0 radical (unpaired) electrons. The van der Waals surface area contributed by atoms with Gasteiger partial charge < -0.3 is 10.6 Å². The van der Waals surface area contributed by atoms with Crippen LogP contribution in [0, 0.1) is 0 Å². The first-order valence-electron chi connectivity index (χ1n) is 7.67. The minimum atomic E-state index is 0.990. The number of fused-ring (bicyclic) bond motifs is 1. The smallest absolute Gasteiger partial charge is 0.0419 e. The second-order valence-corrected chi connectivity index (χ2v) is 5.66. The molecule has 0 atom stereocenters. The largest absolute Gasteiger partial charge is 0.384 e. The van der Waals surface area contributed by atoms with E-state index in [1.54, 1.807) is 5.57 Å². The molecule has 2 nitrogen and oxygen atoms in total. The second-order valence-electron chi connectivity index (χ2n) is 5.66. The highest BCUT2D eigenvalue weighted by Crippen LogP contribution is 2.26. The van der Waals surface area contributed by atoms with Crippen molar-refractivity contribution < 1.29 is 0 Å². The number of hydrogen-bond donors (Lipinski definition) is 2. The topological polar surface area (TPSA) is 24.1 Å². The van der Waals surface area contributed by atoms with E-state index < -0.39 is 0 Å². The summed E-state index contributed by atoms with van der Waals surface area (Å²) in [6, 6.07) is 6.67. The first kappa shape index (κ1) is 12.7. The fourth-order valence-electron chi connectivity index (χ4n) is 3.16. The lowest BCUT2D eigenvalue weighted by molar-refractivity contribution is 0.633. The quantitative estimate of drug-likeness (QED) is 0.621. The molecule has 0 amide bonds. The van der Waals surface area contributed by atoms with E-state index in [0.717, 1.165) is 19.6 Å². The lowest BCUT2D eigenvalue weighted by Crippen LogP contribution is -2.16. The van der Waals surface area contributed by atoms with Gasteiger partial charge in [0.1, 0.15) is 0 Å². The van der Waals surface area contributed by atoms with Gasteiger partial charge in [0.2, 0.25) is 0 Å². The second kappa shape index (κ2) is 6.25. The van der Waals surface area contributed by atoms with Crippen LogP contribution in [0.25, 0.3) is 0 Å². The van der Waals surface area contributed by atoms with Gasteiger partial charge in [0.05, 0.1) is 0 Å². The highest BCUT2D eigenvalue weighted by atomic mass is 14.9. The van der Waals surface area contributed by atoms with Crippen LogP contribution in [0.3, 0.4) is 0 Å². The standard InChI is InChI=1S/C17H24N2/c1-2-5-14(6-3-1)9-11-18-13-16-8-4-7-15-10-12-19-17(15)16/h4-5,7-8,18-19H,1-3,6,9-13H2. The fourth-order valence-corrected chi connectivity index (χ4v) is 3.16. The molecule has 0 fully saturated rings. The van der Waals surface area contributed by atoms with Crippen molar-refractivity contribution in [3.8, 4) is 0 Å². The summed E-state index contributed by atoms with van der Waals surface area (Å²) >= 11 is 0. The molecule has 0 bridgehead atoms. The van der Waals surface area contributed by atoms with Crippen molar-refractivity contribution in [2.45, 2.75) is 45.1 Å². The van der Waals surface area contributed by atoms with Crippen molar-refractivity contribution >= 4 is 5.69 Å². The maximum absolute atomic E-state index is 3.60. The lowest BCUT2D eigenvalue weighted by atomic mass is 9.97. The van der Waals surface area contributed by atoms with Crippen molar-refractivity contribution in [3.63, 3.8) is 0 Å². The fraction of sp³-hybridized carbons (Fsp3) is 0.529. The number of allylic oxidation sites excluding steroid dienone is 1. The molecular formula is C17H24N2. The Hall–Kier alpha value is -1.28. The SMILES string of the molecule is C1=C(CCNCc2cccc3c2NCC3)CCCC1. The van der Waals surface area contributed by atoms with Gasteiger partial charge in [0.25, 0.3) is 0 Å². The number of nitrogens with one attached hydrogen (secondary N) is 2. The zero-order valence-electron chi connectivity index (χ0n) is 11.7. The number of anilines is 1. The molecule has 0 spiro atoms. The molecule has 2 N–H and O–H groups in total. The first-order valence-corrected chi connectivity index (χ1v) is 7.67. The monoisotopic (exact) mass is 256 g/mol. The molecule has 3 rings (SSSR count). The van der Waals surface area contributed by atoms with Crippen molar-refractivity contribution in [1.82, 2.24) is 5.32 Å². The average Bonchev–Trinajstić information content (AvgIpc) is 2.94. The summed E-state index contributed by atoms with van der Waals surface area (Å²) in [4.78, 5) is 0. The molecule has 1 heterocycles. The Morgan fingerprint density at radius 2 is 2.16 bits per heavy atom. The van der Waals surface area contributed by atoms with Gasteiger partial charge in [-0.05, 0) is 56.2 Å². The molecule has 0 unspecified atom stereocenters. The van der Waals surface area contributed by atoms with Gasteiger partial charge in [-0.2, -0.15) is 0 Å². The van der Waals surface area contributed by atoms with Gasteiger partial charge in [-0.25, -0.2) is 0 Å². The third kappa shape index (κ3) is 3.19. The number of rotatable bonds is 5. The summed E-state index contributed by atoms with van der Waals surface area (Å²) in [5.41, 5.74) is 5.95. The van der Waals surface area contributed by atoms with Gasteiger partial charge in [-0.1, -0.05) is 29.8 Å². The maximum atomic E-state index is 3.60. The van der Waals surface area contributed by atoms with E-state index in [-0.39, 0.29) is 0 Å². The number of para-hydroxylation sites is 1. The Kier molecular flexibility index (Phi) is 4.19. The highest BCUT2D eigenvalue weighted by molar-refractivity contribution is 5.61. The molecule has 0 saturated heterocycles. The maximum Gasteiger partial charge on any atom is 0.0419 e. The van der Waals surface area contributed by atoms with E-state index in [1.807, 2.05) is 0 Å². The van der Waals surface area contributed by atoms with Crippen LogP contribution in [0.4, 0.5) is 5.69 Å². The van der Waals surface area contributed by atoms with Crippen LogP contribution in [-0.2, 0) is 13.0 Å². The molecule has 2 aliphatic rings. The molecule has 1 aliphatic carbocycles. The molecule has 102 valence electrons. The van der Waals surface area contributed by atoms with Gasteiger partial charge >= 0.3 is 0 Å². The van der Waals surface area contributed by atoms with Crippen molar-refractivity contribution in [1.29, 1.82) is 0 Å². The van der Waals surface area contributed by atoms with Crippen molar-refractivity contribution in [3.05, 3.63) is 41.0 Å².